The minimum absolute atomic E-state index is 0.152. The van der Waals surface area contributed by atoms with Gasteiger partial charge in [-0.15, -0.1) is 0 Å². The van der Waals surface area contributed by atoms with Gasteiger partial charge in [0.05, 0.1) is 11.7 Å². The first-order chi connectivity index (χ1) is 7.97. The fourth-order valence-electron chi connectivity index (χ4n) is 1.55. The first-order valence-corrected chi connectivity index (χ1v) is 6.37. The van der Waals surface area contributed by atoms with E-state index in [1.54, 1.807) is 11.9 Å². The lowest BCUT2D eigenvalue weighted by molar-refractivity contribution is 0.797. The predicted octanol–water partition coefficient (Wildman–Crippen LogP) is 3.44. The third-order valence-electron chi connectivity index (χ3n) is 2.34. The number of fused-ring (bicyclic) bond motifs is 1. The van der Waals surface area contributed by atoms with Gasteiger partial charge < -0.3 is 0 Å². The normalized spacial score (nSPS) is 12.7. The molecule has 0 saturated heterocycles. The first-order valence-electron chi connectivity index (χ1n) is 5.60. The fourth-order valence-corrected chi connectivity index (χ4v) is 2.04. The monoisotopic (exact) mass is 247 g/mol. The zero-order valence-corrected chi connectivity index (χ0v) is 11.5. The van der Waals surface area contributed by atoms with Crippen LogP contribution in [0.1, 0.15) is 26.3 Å². The highest BCUT2D eigenvalue weighted by Gasteiger charge is 2.09. The Morgan fingerprint density at radius 3 is 2.82 bits per heavy atom. The molecule has 2 rings (SSSR count). The molecule has 2 aromatic rings. The van der Waals surface area contributed by atoms with Gasteiger partial charge in [-0.3, -0.25) is 4.68 Å². The van der Waals surface area contributed by atoms with Crippen molar-refractivity contribution in [1.29, 1.82) is 0 Å². The van der Waals surface area contributed by atoms with Gasteiger partial charge in [0.15, 0.2) is 0 Å². The molecule has 0 N–H and O–H groups in total. The van der Waals surface area contributed by atoms with E-state index >= 15 is 0 Å². The second-order valence-electron chi connectivity index (χ2n) is 4.99. The second kappa shape index (κ2) is 4.53. The summed E-state index contributed by atoms with van der Waals surface area (Å²) in [7, 11) is 1.95. The quantitative estimate of drug-likeness (QED) is 0.601. The Labute approximate surface area is 106 Å². The van der Waals surface area contributed by atoms with Crippen LogP contribution in [0.15, 0.2) is 28.8 Å². The van der Waals surface area contributed by atoms with E-state index in [-0.39, 0.29) is 4.75 Å². The Morgan fingerprint density at radius 2 is 2.12 bits per heavy atom. The van der Waals surface area contributed by atoms with Gasteiger partial charge in [0, 0.05) is 29.0 Å². The van der Waals surface area contributed by atoms with Gasteiger partial charge in [-0.25, -0.2) is 4.40 Å². The molecule has 0 atom stereocenters. The maximum atomic E-state index is 4.43. The summed E-state index contributed by atoms with van der Waals surface area (Å²) >= 11 is 1.59. The van der Waals surface area contributed by atoms with Crippen molar-refractivity contribution in [2.75, 3.05) is 0 Å². The standard InChI is InChI=1S/C13H17N3S/c1-13(2,3)17-15-8-10-6-5-7-12-11(10)9-14-16(12)4/h5-9H,1-4H3/b15-8-. The van der Waals surface area contributed by atoms with Gasteiger partial charge in [-0.1, -0.05) is 12.1 Å². The van der Waals surface area contributed by atoms with Crippen LogP contribution in [0.25, 0.3) is 10.9 Å². The van der Waals surface area contributed by atoms with Crippen LogP contribution in [0.4, 0.5) is 0 Å². The van der Waals surface area contributed by atoms with Gasteiger partial charge in [-0.05, 0) is 38.8 Å². The highest BCUT2D eigenvalue weighted by molar-refractivity contribution is 7.99. The number of benzene rings is 1. The summed E-state index contributed by atoms with van der Waals surface area (Å²) < 4.78 is 6.46. The maximum Gasteiger partial charge on any atom is 0.0685 e. The number of rotatable bonds is 2. The molecule has 17 heavy (non-hydrogen) atoms. The summed E-state index contributed by atoms with van der Waals surface area (Å²) in [6.07, 6.45) is 3.80. The van der Waals surface area contributed by atoms with Crippen LogP contribution in [-0.4, -0.2) is 20.7 Å². The fraction of sp³-hybridized carbons (Fsp3) is 0.385. The third kappa shape index (κ3) is 2.88. The van der Waals surface area contributed by atoms with Crippen LogP contribution in [0.5, 0.6) is 0 Å². The van der Waals surface area contributed by atoms with Gasteiger partial charge in [-0.2, -0.15) is 5.10 Å². The van der Waals surface area contributed by atoms with E-state index in [1.165, 1.54) is 0 Å². The average molecular weight is 247 g/mol. The Hall–Kier alpha value is -1.29. The Morgan fingerprint density at radius 1 is 1.35 bits per heavy atom. The minimum atomic E-state index is 0.152. The van der Waals surface area contributed by atoms with E-state index < -0.39 is 0 Å². The Bertz CT molecular complexity index is 549. The van der Waals surface area contributed by atoms with Gasteiger partial charge in [0.2, 0.25) is 0 Å². The summed E-state index contributed by atoms with van der Waals surface area (Å²) in [5.74, 6) is 0. The van der Waals surface area contributed by atoms with E-state index in [0.717, 1.165) is 16.5 Å². The lowest BCUT2D eigenvalue weighted by atomic mass is 10.1. The molecule has 4 heteroatoms. The number of hydrogen-bond donors (Lipinski definition) is 0. The van der Waals surface area contributed by atoms with Gasteiger partial charge in [0.1, 0.15) is 0 Å². The number of hydrogen-bond acceptors (Lipinski definition) is 3. The molecule has 0 aliphatic carbocycles. The summed E-state index contributed by atoms with van der Waals surface area (Å²) in [6.45, 7) is 6.46. The number of aromatic nitrogens is 2. The molecule has 0 radical (unpaired) electrons. The molecule has 0 unspecified atom stereocenters. The van der Waals surface area contributed by atoms with E-state index in [0.29, 0.717) is 0 Å². The van der Waals surface area contributed by atoms with Gasteiger partial charge >= 0.3 is 0 Å². The number of aryl methyl sites for hydroxylation is 1. The molecule has 0 spiro atoms. The van der Waals surface area contributed by atoms with Crippen molar-refractivity contribution in [3.05, 3.63) is 30.0 Å². The molecule has 0 amide bonds. The topological polar surface area (TPSA) is 30.2 Å². The summed E-state index contributed by atoms with van der Waals surface area (Å²) in [6, 6.07) is 6.17. The molecule has 1 heterocycles. The molecule has 1 aromatic carbocycles. The SMILES string of the molecule is Cn1ncc2c(/C=N\SC(C)(C)C)cccc21. The van der Waals surface area contributed by atoms with Crippen molar-refractivity contribution in [2.24, 2.45) is 11.4 Å². The number of nitrogens with zero attached hydrogens (tertiary/aromatic N) is 3. The second-order valence-corrected chi connectivity index (χ2v) is 6.60. The predicted molar refractivity (Wildman–Crippen MR) is 75.7 cm³/mol. The largest absolute Gasteiger partial charge is 0.268 e. The summed E-state index contributed by atoms with van der Waals surface area (Å²) in [5.41, 5.74) is 2.25. The molecule has 0 saturated carbocycles. The van der Waals surface area contributed by atoms with E-state index in [2.05, 4.69) is 42.4 Å². The van der Waals surface area contributed by atoms with Crippen LogP contribution in [-0.2, 0) is 7.05 Å². The Balaban J connectivity index is 2.30. The third-order valence-corrected chi connectivity index (χ3v) is 3.10. The van der Waals surface area contributed by atoms with E-state index in [4.69, 9.17) is 0 Å². The molecule has 0 fully saturated rings. The highest BCUT2D eigenvalue weighted by atomic mass is 32.2. The molecule has 3 nitrogen and oxygen atoms in total. The van der Waals surface area contributed by atoms with Crippen molar-refractivity contribution < 1.29 is 0 Å². The summed E-state index contributed by atoms with van der Waals surface area (Å²) in [4.78, 5) is 0. The van der Waals surface area contributed by atoms with Gasteiger partial charge in [0.25, 0.3) is 0 Å². The zero-order chi connectivity index (χ0) is 12.5. The first kappa shape index (κ1) is 12.2. The summed E-state index contributed by atoms with van der Waals surface area (Å²) in [5, 5.41) is 5.41. The Kier molecular flexibility index (Phi) is 3.24. The van der Waals surface area contributed by atoms with Crippen molar-refractivity contribution in [3.63, 3.8) is 0 Å². The van der Waals surface area contributed by atoms with E-state index in [9.17, 15) is 0 Å². The smallest absolute Gasteiger partial charge is 0.0685 e. The molecule has 0 bridgehead atoms. The lowest BCUT2D eigenvalue weighted by Gasteiger charge is -2.12. The molecule has 1 aromatic heterocycles. The van der Waals surface area contributed by atoms with Crippen LogP contribution in [0, 0.1) is 0 Å². The minimum Gasteiger partial charge on any atom is -0.268 e. The van der Waals surface area contributed by atoms with Crippen LogP contribution in [0.3, 0.4) is 0 Å². The molecule has 0 aliphatic heterocycles. The zero-order valence-electron chi connectivity index (χ0n) is 10.6. The molecular weight excluding hydrogens is 230 g/mol. The highest BCUT2D eigenvalue weighted by Crippen LogP contribution is 2.24. The van der Waals surface area contributed by atoms with E-state index in [1.807, 2.05) is 30.2 Å². The van der Waals surface area contributed by atoms with Crippen molar-refractivity contribution in [2.45, 2.75) is 25.5 Å². The van der Waals surface area contributed by atoms with Crippen LogP contribution in [0.2, 0.25) is 0 Å². The maximum absolute atomic E-state index is 4.43. The molecule has 90 valence electrons. The van der Waals surface area contributed by atoms with Crippen LogP contribution < -0.4 is 0 Å². The van der Waals surface area contributed by atoms with Crippen molar-refractivity contribution in [1.82, 2.24) is 9.78 Å². The van der Waals surface area contributed by atoms with Crippen molar-refractivity contribution >= 4 is 29.1 Å². The average Bonchev–Trinajstić information content (AvgIpc) is 2.60. The molecular formula is C13H17N3S. The lowest BCUT2D eigenvalue weighted by Crippen LogP contribution is -2.04. The van der Waals surface area contributed by atoms with Crippen molar-refractivity contribution in [3.8, 4) is 0 Å². The van der Waals surface area contributed by atoms with Crippen LogP contribution >= 0.6 is 11.9 Å². The molecule has 0 aliphatic rings.